The Balaban J connectivity index is 1.80. The molecule has 0 saturated heterocycles. The van der Waals surface area contributed by atoms with E-state index < -0.39 is 5.41 Å². The molecule has 2 nitrogen and oxygen atoms in total. The highest BCUT2D eigenvalue weighted by atomic mass is 16.3. The zero-order valence-corrected chi connectivity index (χ0v) is 22.6. The largest absolute Gasteiger partial charge is 0.508 e. The molecule has 0 fully saturated rings. The highest BCUT2D eigenvalue weighted by Gasteiger charge is 2.44. The topological polar surface area (TPSA) is 40.5 Å². The summed E-state index contributed by atoms with van der Waals surface area (Å²) in [4.78, 5) is 0. The lowest BCUT2D eigenvalue weighted by Crippen LogP contribution is -2.38. The lowest BCUT2D eigenvalue weighted by atomic mass is 9.61. The number of hydrogen-bond donors (Lipinski definition) is 2. The molecule has 0 atom stereocenters. The fourth-order valence-corrected chi connectivity index (χ4v) is 7.56. The molecule has 0 aromatic heterocycles. The van der Waals surface area contributed by atoms with E-state index in [1.54, 1.807) is 0 Å². The van der Waals surface area contributed by atoms with Crippen LogP contribution in [0.5, 0.6) is 11.5 Å². The second kappa shape index (κ2) is 8.22. The molecule has 0 heterocycles. The van der Waals surface area contributed by atoms with E-state index >= 15 is 0 Å². The van der Waals surface area contributed by atoms with E-state index in [0.717, 1.165) is 22.3 Å². The van der Waals surface area contributed by atoms with Crippen LogP contribution in [0.2, 0.25) is 0 Å². The van der Waals surface area contributed by atoms with Gasteiger partial charge in [0.2, 0.25) is 0 Å². The van der Waals surface area contributed by atoms with Crippen LogP contribution in [0.25, 0.3) is 33.2 Å². The standard InChI is InChI=1S/C37H30O2/c1-21-16-26(38)17-22(2)34(21)37(35-23(3)18-27(39)19-24(35)4)15-9-10-25-20-32-30-13-6-5-11-28(30)29-12-7-8-14-31(29)33(32)36(25)37/h5-20,38-39H,1-4H3. The lowest BCUT2D eigenvalue weighted by Gasteiger charge is -2.41. The molecule has 2 heteroatoms. The first-order valence-electron chi connectivity index (χ1n) is 13.5. The van der Waals surface area contributed by atoms with Crippen molar-refractivity contribution >= 4 is 33.2 Å². The van der Waals surface area contributed by atoms with Gasteiger partial charge in [-0.3, -0.25) is 0 Å². The van der Waals surface area contributed by atoms with Gasteiger partial charge in [-0.25, -0.2) is 0 Å². The maximum absolute atomic E-state index is 10.5. The summed E-state index contributed by atoms with van der Waals surface area (Å²) in [5.41, 5.74) is 8.34. The zero-order chi connectivity index (χ0) is 27.1. The summed E-state index contributed by atoms with van der Waals surface area (Å²) in [5, 5.41) is 28.6. The molecule has 0 unspecified atom stereocenters. The molecule has 2 aliphatic carbocycles. The van der Waals surface area contributed by atoms with Crippen molar-refractivity contribution in [2.75, 3.05) is 0 Å². The highest BCUT2D eigenvalue weighted by molar-refractivity contribution is 6.12. The molecule has 0 radical (unpaired) electrons. The predicted octanol–water partition coefficient (Wildman–Crippen LogP) is 7.07. The summed E-state index contributed by atoms with van der Waals surface area (Å²) in [6.07, 6.45) is 9.10. The van der Waals surface area contributed by atoms with E-state index in [9.17, 15) is 10.2 Å². The van der Waals surface area contributed by atoms with E-state index in [2.05, 4.69) is 101 Å². The number of aryl methyl sites for hydroxylation is 4. The molecular weight excluding hydrogens is 476 g/mol. The number of rotatable bonds is 2. The normalized spacial score (nSPS) is 15.3. The number of phenolic OH excluding ortho intramolecular Hbond substituents is 2. The van der Waals surface area contributed by atoms with E-state index in [4.69, 9.17) is 0 Å². The molecule has 0 amide bonds. The van der Waals surface area contributed by atoms with Crippen LogP contribution in [0.1, 0.15) is 33.4 Å². The van der Waals surface area contributed by atoms with Gasteiger partial charge < -0.3 is 10.2 Å². The Morgan fingerprint density at radius 1 is 0.590 bits per heavy atom. The van der Waals surface area contributed by atoms with E-state index in [0.29, 0.717) is 0 Å². The summed E-state index contributed by atoms with van der Waals surface area (Å²) >= 11 is 0. The fraction of sp³-hybridized carbons (Fsp3) is 0.135. The van der Waals surface area contributed by atoms with Crippen LogP contribution in [0.15, 0.2) is 96.6 Å². The molecule has 0 aliphatic heterocycles. The Kier molecular flexibility index (Phi) is 4.96. The van der Waals surface area contributed by atoms with Crippen molar-refractivity contribution in [3.63, 3.8) is 0 Å². The molecule has 7 rings (SSSR count). The van der Waals surface area contributed by atoms with Gasteiger partial charge in [-0.2, -0.15) is 0 Å². The Hall–Kier alpha value is -4.56. The van der Waals surface area contributed by atoms with Crippen LogP contribution in [0.4, 0.5) is 0 Å². The third kappa shape index (κ3) is 3.15. The van der Waals surface area contributed by atoms with Crippen molar-refractivity contribution in [1.82, 2.24) is 0 Å². The molecule has 5 aromatic carbocycles. The molecule has 39 heavy (non-hydrogen) atoms. The minimum absolute atomic E-state index is 0.276. The second-order valence-corrected chi connectivity index (χ2v) is 11.1. The van der Waals surface area contributed by atoms with Crippen molar-refractivity contribution in [3.8, 4) is 11.5 Å². The molecule has 0 saturated carbocycles. The Bertz CT molecular complexity index is 1970. The third-order valence-electron chi connectivity index (χ3n) is 8.65. The summed E-state index contributed by atoms with van der Waals surface area (Å²) < 4.78 is 0. The van der Waals surface area contributed by atoms with Gasteiger partial charge in [-0.15, -0.1) is 0 Å². The van der Waals surface area contributed by atoms with Crippen LogP contribution in [0.3, 0.4) is 0 Å². The van der Waals surface area contributed by atoms with Crippen LogP contribution in [-0.2, 0) is 5.41 Å². The van der Waals surface area contributed by atoms with Gasteiger partial charge in [0.1, 0.15) is 11.5 Å². The number of phenols is 2. The van der Waals surface area contributed by atoms with Gasteiger partial charge in [-0.1, -0.05) is 66.8 Å². The smallest absolute Gasteiger partial charge is 0.116 e. The van der Waals surface area contributed by atoms with E-state index in [-0.39, 0.29) is 11.5 Å². The third-order valence-corrected chi connectivity index (χ3v) is 8.65. The predicted molar refractivity (Wildman–Crippen MR) is 162 cm³/mol. The van der Waals surface area contributed by atoms with Crippen molar-refractivity contribution in [3.05, 3.63) is 140 Å². The maximum Gasteiger partial charge on any atom is 0.116 e. The van der Waals surface area contributed by atoms with Gasteiger partial charge in [0.25, 0.3) is 0 Å². The first kappa shape index (κ1) is 23.5. The van der Waals surface area contributed by atoms with Gasteiger partial charge in [0.05, 0.1) is 5.41 Å². The van der Waals surface area contributed by atoms with Crippen LogP contribution < -0.4 is 10.4 Å². The average molecular weight is 507 g/mol. The van der Waals surface area contributed by atoms with Gasteiger partial charge >= 0.3 is 0 Å². The first-order valence-corrected chi connectivity index (χ1v) is 13.5. The summed E-state index contributed by atoms with van der Waals surface area (Å²) in [5.74, 6) is 0.553. The van der Waals surface area contributed by atoms with Gasteiger partial charge in [-0.05, 0) is 135 Å². The molecule has 0 bridgehead atoms. The maximum atomic E-state index is 10.5. The first-order chi connectivity index (χ1) is 18.8. The number of benzene rings is 5. The fourth-order valence-electron chi connectivity index (χ4n) is 7.56. The van der Waals surface area contributed by atoms with Crippen LogP contribution in [0, 0.1) is 27.7 Å². The van der Waals surface area contributed by atoms with Crippen molar-refractivity contribution < 1.29 is 10.2 Å². The molecular formula is C37H30O2. The number of hydrogen-bond acceptors (Lipinski definition) is 2. The Morgan fingerprint density at radius 3 is 1.59 bits per heavy atom. The van der Waals surface area contributed by atoms with Crippen molar-refractivity contribution in [2.24, 2.45) is 0 Å². The van der Waals surface area contributed by atoms with Gasteiger partial charge in [0.15, 0.2) is 0 Å². The minimum Gasteiger partial charge on any atom is -0.508 e. The minimum atomic E-state index is -0.624. The molecule has 5 aromatic rings. The number of fused-ring (bicyclic) bond motifs is 7. The van der Waals surface area contributed by atoms with Crippen molar-refractivity contribution in [1.29, 1.82) is 0 Å². The zero-order valence-electron chi connectivity index (χ0n) is 22.6. The monoisotopic (exact) mass is 506 g/mol. The average Bonchev–Trinajstić information content (AvgIpc) is 3.29. The summed E-state index contributed by atoms with van der Waals surface area (Å²) in [6.45, 7) is 8.39. The van der Waals surface area contributed by atoms with Gasteiger partial charge in [0, 0.05) is 0 Å². The van der Waals surface area contributed by atoms with E-state index in [1.807, 2.05) is 24.3 Å². The number of allylic oxidation sites excluding steroid dienone is 4. The van der Waals surface area contributed by atoms with Crippen molar-refractivity contribution in [2.45, 2.75) is 33.1 Å². The lowest BCUT2D eigenvalue weighted by molar-refractivity contribution is 0.473. The second-order valence-electron chi connectivity index (χ2n) is 11.1. The summed E-state index contributed by atoms with van der Waals surface area (Å²) in [6, 6.07) is 24.9. The Morgan fingerprint density at radius 2 is 1.05 bits per heavy atom. The molecule has 2 aliphatic rings. The molecule has 190 valence electrons. The highest BCUT2D eigenvalue weighted by Crippen LogP contribution is 2.52. The van der Waals surface area contributed by atoms with Crippen LogP contribution in [-0.4, -0.2) is 10.2 Å². The summed E-state index contributed by atoms with van der Waals surface area (Å²) in [7, 11) is 0. The molecule has 0 spiro atoms. The quantitative estimate of drug-likeness (QED) is 0.252. The SMILES string of the molecule is Cc1cc(O)cc(C)c1C1(c2c(C)cc(O)cc2C)C=CC=C2C=c3c(c4ccccc4c4ccccc34)=C21. The molecule has 2 N–H and O–H groups in total. The van der Waals surface area contributed by atoms with E-state index in [1.165, 1.54) is 54.3 Å². The Labute approximate surface area is 228 Å². The number of aromatic hydroxyl groups is 2. The van der Waals surface area contributed by atoms with Crippen LogP contribution >= 0.6 is 0 Å².